The molecule has 0 aromatic heterocycles. The molecule has 2 aromatic rings. The van der Waals surface area contributed by atoms with E-state index in [1.807, 2.05) is 0 Å². The van der Waals surface area contributed by atoms with Gasteiger partial charge in [0.25, 0.3) is 0 Å². The van der Waals surface area contributed by atoms with E-state index in [9.17, 15) is 24.3 Å². The first kappa shape index (κ1) is 19.9. The highest BCUT2D eigenvalue weighted by atomic mass is 35.5. The van der Waals surface area contributed by atoms with E-state index < -0.39 is 35.7 Å². The van der Waals surface area contributed by atoms with Crippen LogP contribution in [0.15, 0.2) is 42.5 Å². The maximum Gasteiger partial charge on any atom is 0.323 e. The molecule has 154 valence electrons. The van der Waals surface area contributed by atoms with Gasteiger partial charge in [-0.3, -0.25) is 29.0 Å². The zero-order valence-corrected chi connectivity index (χ0v) is 16.7. The molecule has 2 aromatic carbocycles. The molecule has 4 rings (SSSR count). The number of amides is 3. The number of methoxy groups -OCH3 is 1. The van der Waals surface area contributed by atoms with Crippen molar-refractivity contribution in [1.82, 2.24) is 4.90 Å². The molecule has 30 heavy (non-hydrogen) atoms. The van der Waals surface area contributed by atoms with Gasteiger partial charge in [-0.05, 0) is 35.9 Å². The van der Waals surface area contributed by atoms with Gasteiger partial charge < -0.3 is 9.84 Å². The standard InChI is InChI=1S/C21H17ClN2O6/c1-30-14-5-2-12(3-6-14)10-24-17(25)9-21(20(24)29)15-8-13(22)4-7-16(15)23(19(21)28)11-18(26)27/h2-8H,9-11H2,1H3,(H,26,27). The van der Waals surface area contributed by atoms with Crippen LogP contribution in [-0.2, 0) is 31.1 Å². The number of carbonyl (C=O) groups excluding carboxylic acids is 3. The lowest BCUT2D eigenvalue weighted by molar-refractivity contribution is -0.143. The third-order valence-corrected chi connectivity index (χ3v) is 5.68. The number of aliphatic carboxylic acids is 1. The Bertz CT molecular complexity index is 1080. The molecule has 0 bridgehead atoms. The molecular formula is C21H17ClN2O6. The van der Waals surface area contributed by atoms with Crippen molar-refractivity contribution >= 4 is 41.0 Å². The first-order valence-electron chi connectivity index (χ1n) is 9.09. The summed E-state index contributed by atoms with van der Waals surface area (Å²) in [6, 6.07) is 11.3. The fourth-order valence-electron chi connectivity index (χ4n) is 4.03. The fourth-order valence-corrected chi connectivity index (χ4v) is 4.20. The normalized spacial score (nSPS) is 20.3. The molecule has 0 aliphatic carbocycles. The van der Waals surface area contributed by atoms with E-state index in [-0.39, 0.29) is 29.2 Å². The van der Waals surface area contributed by atoms with Crippen LogP contribution in [0.1, 0.15) is 17.5 Å². The summed E-state index contributed by atoms with van der Waals surface area (Å²) in [6.07, 6.45) is -0.371. The summed E-state index contributed by atoms with van der Waals surface area (Å²) in [6.45, 7) is -0.624. The Balaban J connectivity index is 1.74. The van der Waals surface area contributed by atoms with Gasteiger partial charge in [0, 0.05) is 16.3 Å². The molecule has 2 aliphatic rings. The van der Waals surface area contributed by atoms with Crippen LogP contribution >= 0.6 is 11.6 Å². The number of nitrogens with zero attached hydrogens (tertiary/aromatic N) is 2. The lowest BCUT2D eigenvalue weighted by atomic mass is 9.80. The van der Waals surface area contributed by atoms with Crippen LogP contribution < -0.4 is 9.64 Å². The number of rotatable bonds is 5. The molecule has 0 saturated carbocycles. The highest BCUT2D eigenvalue weighted by Crippen LogP contribution is 2.49. The summed E-state index contributed by atoms with van der Waals surface area (Å²) >= 11 is 6.10. The van der Waals surface area contributed by atoms with Crippen molar-refractivity contribution in [3.05, 3.63) is 58.6 Å². The first-order chi connectivity index (χ1) is 14.3. The molecule has 0 radical (unpaired) electrons. The van der Waals surface area contributed by atoms with E-state index in [2.05, 4.69) is 0 Å². The van der Waals surface area contributed by atoms with Crippen LogP contribution in [0.25, 0.3) is 0 Å². The molecule has 1 saturated heterocycles. The molecule has 2 heterocycles. The molecule has 1 atom stereocenters. The summed E-state index contributed by atoms with van der Waals surface area (Å²) in [5.41, 5.74) is -0.566. The van der Waals surface area contributed by atoms with Gasteiger partial charge in [-0.15, -0.1) is 0 Å². The fraction of sp³-hybridized carbons (Fsp3) is 0.238. The van der Waals surface area contributed by atoms with E-state index in [1.54, 1.807) is 24.3 Å². The van der Waals surface area contributed by atoms with Gasteiger partial charge >= 0.3 is 5.97 Å². The number of benzene rings is 2. The van der Waals surface area contributed by atoms with Crippen LogP contribution in [0.3, 0.4) is 0 Å². The van der Waals surface area contributed by atoms with E-state index in [1.165, 1.54) is 25.3 Å². The lowest BCUT2D eigenvalue weighted by Crippen LogP contribution is -2.47. The summed E-state index contributed by atoms with van der Waals surface area (Å²) in [4.78, 5) is 52.9. The summed E-state index contributed by atoms with van der Waals surface area (Å²) < 4.78 is 5.11. The Morgan fingerprint density at radius 2 is 1.77 bits per heavy atom. The maximum atomic E-state index is 13.4. The molecule has 1 N–H and O–H groups in total. The highest BCUT2D eigenvalue weighted by molar-refractivity contribution is 6.32. The van der Waals surface area contributed by atoms with Gasteiger partial charge in [0.15, 0.2) is 5.41 Å². The van der Waals surface area contributed by atoms with Gasteiger partial charge in [0.05, 0.1) is 20.1 Å². The van der Waals surface area contributed by atoms with Crippen LogP contribution in [0.5, 0.6) is 5.75 Å². The average Bonchev–Trinajstić information content (AvgIpc) is 3.09. The predicted octanol–water partition coefficient (Wildman–Crippen LogP) is 1.98. The van der Waals surface area contributed by atoms with Gasteiger partial charge in [-0.2, -0.15) is 0 Å². The molecule has 8 nitrogen and oxygen atoms in total. The number of hydrogen-bond donors (Lipinski definition) is 1. The average molecular weight is 429 g/mol. The van der Waals surface area contributed by atoms with E-state index in [0.717, 1.165) is 9.80 Å². The van der Waals surface area contributed by atoms with Crippen LogP contribution in [0.2, 0.25) is 5.02 Å². The molecule has 9 heteroatoms. The topological polar surface area (TPSA) is 104 Å². The van der Waals surface area contributed by atoms with Gasteiger partial charge in [-0.25, -0.2) is 0 Å². The zero-order chi connectivity index (χ0) is 21.6. The minimum Gasteiger partial charge on any atom is -0.497 e. The number of carbonyl (C=O) groups is 4. The number of fused-ring (bicyclic) bond motifs is 2. The Hall–Kier alpha value is -3.39. The Kier molecular flexibility index (Phi) is 4.74. The zero-order valence-electron chi connectivity index (χ0n) is 15.9. The van der Waals surface area contributed by atoms with Crippen molar-refractivity contribution in [1.29, 1.82) is 0 Å². The SMILES string of the molecule is COc1ccc(CN2C(=O)CC3(C2=O)C(=O)N(CC(=O)O)c2ccc(Cl)cc23)cc1. The Morgan fingerprint density at radius 3 is 2.40 bits per heavy atom. The highest BCUT2D eigenvalue weighted by Gasteiger charge is 2.63. The van der Waals surface area contributed by atoms with Crippen LogP contribution in [0, 0.1) is 0 Å². The number of likely N-dealkylation sites (tertiary alicyclic amines) is 1. The molecule has 1 fully saturated rings. The molecular weight excluding hydrogens is 412 g/mol. The van der Waals surface area contributed by atoms with Gasteiger partial charge in [0.1, 0.15) is 12.3 Å². The van der Waals surface area contributed by atoms with Crippen LogP contribution in [-0.4, -0.2) is 47.4 Å². The second-order valence-electron chi connectivity index (χ2n) is 7.16. The third kappa shape index (κ3) is 2.91. The second-order valence-corrected chi connectivity index (χ2v) is 7.60. The number of ether oxygens (including phenoxy) is 1. The quantitative estimate of drug-likeness (QED) is 0.576. The van der Waals surface area contributed by atoms with Crippen molar-refractivity contribution in [2.45, 2.75) is 18.4 Å². The molecule has 1 spiro atoms. The molecule has 3 amide bonds. The van der Waals surface area contributed by atoms with Crippen molar-refractivity contribution in [2.24, 2.45) is 0 Å². The summed E-state index contributed by atoms with van der Waals surface area (Å²) in [5.74, 6) is -2.50. The maximum absolute atomic E-state index is 13.4. The minimum atomic E-state index is -1.79. The second kappa shape index (κ2) is 7.14. The van der Waals surface area contributed by atoms with Crippen LogP contribution in [0.4, 0.5) is 5.69 Å². The van der Waals surface area contributed by atoms with Crippen molar-refractivity contribution < 1.29 is 29.0 Å². The van der Waals surface area contributed by atoms with Crippen molar-refractivity contribution in [3.63, 3.8) is 0 Å². The summed E-state index contributed by atoms with van der Waals surface area (Å²) in [5, 5.41) is 9.50. The monoisotopic (exact) mass is 428 g/mol. The van der Waals surface area contributed by atoms with E-state index >= 15 is 0 Å². The predicted molar refractivity (Wildman–Crippen MR) is 106 cm³/mol. The number of anilines is 1. The number of carboxylic acid groups (broad SMARTS) is 1. The summed E-state index contributed by atoms with van der Waals surface area (Å²) in [7, 11) is 1.53. The van der Waals surface area contributed by atoms with E-state index in [4.69, 9.17) is 16.3 Å². The Morgan fingerprint density at radius 1 is 1.10 bits per heavy atom. The lowest BCUT2D eigenvalue weighted by Gasteiger charge is -2.22. The number of carboxylic acids is 1. The van der Waals surface area contributed by atoms with Gasteiger partial charge in [-0.1, -0.05) is 23.7 Å². The van der Waals surface area contributed by atoms with Gasteiger partial charge in [0.2, 0.25) is 17.7 Å². The number of hydrogen-bond acceptors (Lipinski definition) is 5. The van der Waals surface area contributed by atoms with E-state index in [0.29, 0.717) is 11.3 Å². The molecule has 2 aliphatic heterocycles. The third-order valence-electron chi connectivity index (χ3n) is 5.44. The van der Waals surface area contributed by atoms with Crippen molar-refractivity contribution in [2.75, 3.05) is 18.6 Å². The minimum absolute atomic E-state index is 0.00841. The number of imide groups is 1. The molecule has 1 unspecified atom stereocenters. The van der Waals surface area contributed by atoms with Crippen molar-refractivity contribution in [3.8, 4) is 5.75 Å². The number of halogens is 1. The largest absolute Gasteiger partial charge is 0.497 e. The first-order valence-corrected chi connectivity index (χ1v) is 9.47. The Labute approximate surface area is 176 Å². The smallest absolute Gasteiger partial charge is 0.323 e.